The Kier molecular flexibility index (Phi) is 3.86. The molecule has 1 aromatic heterocycles. The average Bonchev–Trinajstić information content (AvgIpc) is 2.81. The van der Waals surface area contributed by atoms with Crippen molar-refractivity contribution in [3.8, 4) is 0 Å². The first-order valence-electron chi connectivity index (χ1n) is 5.50. The molecule has 98 valence electrons. The van der Waals surface area contributed by atoms with Crippen molar-refractivity contribution in [2.45, 2.75) is 13.5 Å². The maximum absolute atomic E-state index is 11.9. The molecule has 2 aromatic rings. The number of thiazole rings is 1. The van der Waals surface area contributed by atoms with Crippen molar-refractivity contribution in [2.24, 2.45) is 0 Å². The summed E-state index contributed by atoms with van der Waals surface area (Å²) in [7, 11) is 0. The minimum atomic E-state index is -0.568. The minimum Gasteiger partial charge on any atom is -0.346 e. The van der Waals surface area contributed by atoms with Crippen LogP contribution in [-0.4, -0.2) is 15.8 Å². The lowest BCUT2D eigenvalue weighted by molar-refractivity contribution is -0.385. The first-order valence-corrected chi connectivity index (χ1v) is 6.38. The van der Waals surface area contributed by atoms with E-state index in [-0.39, 0.29) is 17.8 Å². The number of nitro benzene ring substituents is 1. The molecule has 0 aliphatic heterocycles. The third kappa shape index (κ3) is 3.14. The van der Waals surface area contributed by atoms with E-state index in [0.717, 1.165) is 10.7 Å². The third-order valence-electron chi connectivity index (χ3n) is 2.44. The van der Waals surface area contributed by atoms with Crippen LogP contribution >= 0.6 is 11.3 Å². The quantitative estimate of drug-likeness (QED) is 0.686. The molecule has 0 aliphatic carbocycles. The van der Waals surface area contributed by atoms with Crippen LogP contribution in [0.2, 0.25) is 0 Å². The number of nitro groups is 1. The van der Waals surface area contributed by atoms with Crippen LogP contribution in [0, 0.1) is 17.0 Å². The Hall–Kier alpha value is -2.28. The summed E-state index contributed by atoms with van der Waals surface area (Å²) in [6.45, 7) is 2.13. The number of carbonyl (C=O) groups is 1. The van der Waals surface area contributed by atoms with Gasteiger partial charge in [0.2, 0.25) is 0 Å². The molecule has 0 aliphatic rings. The highest BCUT2D eigenvalue weighted by Crippen LogP contribution is 2.17. The lowest BCUT2D eigenvalue weighted by atomic mass is 10.1. The molecule has 1 aromatic carbocycles. The molecule has 0 atom stereocenters. The van der Waals surface area contributed by atoms with Gasteiger partial charge in [-0.15, -0.1) is 11.3 Å². The van der Waals surface area contributed by atoms with E-state index in [9.17, 15) is 14.9 Å². The second-order valence-corrected chi connectivity index (χ2v) is 4.88. The molecular formula is C12H11N3O3S. The van der Waals surface area contributed by atoms with Gasteiger partial charge in [0.05, 0.1) is 22.2 Å². The molecule has 0 bridgehead atoms. The van der Waals surface area contributed by atoms with E-state index < -0.39 is 10.8 Å². The number of aryl methyl sites for hydroxylation is 1. The van der Waals surface area contributed by atoms with Gasteiger partial charge in [-0.2, -0.15) is 0 Å². The molecule has 7 heteroatoms. The summed E-state index contributed by atoms with van der Waals surface area (Å²) in [6.07, 6.45) is 0. The Labute approximate surface area is 113 Å². The van der Waals surface area contributed by atoms with Crippen LogP contribution in [0.1, 0.15) is 21.1 Å². The molecular weight excluding hydrogens is 266 g/mol. The van der Waals surface area contributed by atoms with Crippen molar-refractivity contribution in [3.05, 3.63) is 56.0 Å². The molecule has 0 unspecified atom stereocenters. The SMILES string of the molecule is Cc1nc(CNC(=O)c2ccccc2[N+](=O)[O-])cs1. The van der Waals surface area contributed by atoms with Crippen LogP contribution in [0.4, 0.5) is 5.69 Å². The van der Waals surface area contributed by atoms with Gasteiger partial charge in [0, 0.05) is 11.4 Å². The van der Waals surface area contributed by atoms with Crippen LogP contribution in [0.15, 0.2) is 29.6 Å². The molecule has 0 spiro atoms. The summed E-state index contributed by atoms with van der Waals surface area (Å²) in [5.41, 5.74) is 0.600. The fourth-order valence-electron chi connectivity index (χ4n) is 1.58. The summed E-state index contributed by atoms with van der Waals surface area (Å²) in [6, 6.07) is 5.86. The van der Waals surface area contributed by atoms with E-state index in [0.29, 0.717) is 0 Å². The van der Waals surface area contributed by atoms with Crippen molar-refractivity contribution >= 4 is 22.9 Å². The Bertz CT molecular complexity index is 624. The fraction of sp³-hybridized carbons (Fsp3) is 0.167. The maximum atomic E-state index is 11.9. The highest BCUT2D eigenvalue weighted by Gasteiger charge is 2.18. The topological polar surface area (TPSA) is 85.1 Å². The number of rotatable bonds is 4. The molecule has 2 rings (SSSR count). The number of nitrogens with one attached hydrogen (secondary N) is 1. The van der Waals surface area contributed by atoms with E-state index in [1.54, 1.807) is 6.07 Å². The van der Waals surface area contributed by atoms with E-state index >= 15 is 0 Å². The predicted octanol–water partition coefficient (Wildman–Crippen LogP) is 2.29. The van der Waals surface area contributed by atoms with Crippen LogP contribution < -0.4 is 5.32 Å². The van der Waals surface area contributed by atoms with Crippen molar-refractivity contribution in [1.82, 2.24) is 10.3 Å². The van der Waals surface area contributed by atoms with Crippen molar-refractivity contribution in [2.75, 3.05) is 0 Å². The van der Waals surface area contributed by atoms with Crippen molar-refractivity contribution in [3.63, 3.8) is 0 Å². The van der Waals surface area contributed by atoms with Crippen LogP contribution in [0.5, 0.6) is 0 Å². The van der Waals surface area contributed by atoms with Crippen molar-refractivity contribution < 1.29 is 9.72 Å². The first kappa shape index (κ1) is 13.2. The van der Waals surface area contributed by atoms with E-state index in [2.05, 4.69) is 10.3 Å². The molecule has 1 amide bonds. The lowest BCUT2D eigenvalue weighted by Gasteiger charge is -2.03. The summed E-state index contributed by atoms with van der Waals surface area (Å²) >= 11 is 1.49. The average molecular weight is 277 g/mol. The summed E-state index contributed by atoms with van der Waals surface area (Å²) in [5, 5.41) is 16.2. The molecule has 19 heavy (non-hydrogen) atoms. The molecule has 1 N–H and O–H groups in total. The van der Waals surface area contributed by atoms with Crippen molar-refractivity contribution in [1.29, 1.82) is 0 Å². The van der Waals surface area contributed by atoms with Gasteiger partial charge in [0.15, 0.2) is 0 Å². The number of hydrogen-bond acceptors (Lipinski definition) is 5. The number of para-hydroxylation sites is 1. The van der Waals surface area contributed by atoms with Crippen LogP contribution in [-0.2, 0) is 6.54 Å². The molecule has 6 nitrogen and oxygen atoms in total. The highest BCUT2D eigenvalue weighted by atomic mass is 32.1. The monoisotopic (exact) mass is 277 g/mol. The fourth-order valence-corrected chi connectivity index (χ4v) is 2.19. The zero-order chi connectivity index (χ0) is 13.8. The zero-order valence-electron chi connectivity index (χ0n) is 10.1. The second-order valence-electron chi connectivity index (χ2n) is 3.81. The Morgan fingerprint density at radius 1 is 1.47 bits per heavy atom. The number of hydrogen-bond donors (Lipinski definition) is 1. The summed E-state index contributed by atoms with van der Waals surface area (Å²) < 4.78 is 0. The Morgan fingerprint density at radius 3 is 2.84 bits per heavy atom. The molecule has 0 saturated carbocycles. The smallest absolute Gasteiger partial charge is 0.282 e. The largest absolute Gasteiger partial charge is 0.346 e. The molecule has 0 radical (unpaired) electrons. The van der Waals surface area contributed by atoms with Crippen LogP contribution in [0.25, 0.3) is 0 Å². The van der Waals surface area contributed by atoms with Gasteiger partial charge < -0.3 is 5.32 Å². The van der Waals surface area contributed by atoms with Gasteiger partial charge in [-0.1, -0.05) is 12.1 Å². The zero-order valence-corrected chi connectivity index (χ0v) is 10.9. The standard InChI is InChI=1S/C12H11N3O3S/c1-8-14-9(7-19-8)6-13-12(16)10-4-2-3-5-11(10)15(17)18/h2-5,7H,6H2,1H3,(H,13,16). The van der Waals surface area contributed by atoms with Gasteiger partial charge in [-0.05, 0) is 13.0 Å². The summed E-state index contributed by atoms with van der Waals surface area (Å²) in [4.78, 5) is 26.4. The molecule has 0 fully saturated rings. The highest BCUT2D eigenvalue weighted by molar-refractivity contribution is 7.09. The third-order valence-corrected chi connectivity index (χ3v) is 3.26. The number of carbonyl (C=O) groups excluding carboxylic acids is 1. The maximum Gasteiger partial charge on any atom is 0.282 e. The van der Waals surface area contributed by atoms with E-state index in [1.807, 2.05) is 12.3 Å². The second kappa shape index (κ2) is 5.57. The number of amides is 1. The lowest BCUT2D eigenvalue weighted by Crippen LogP contribution is -2.23. The summed E-state index contributed by atoms with van der Waals surface area (Å²) in [5.74, 6) is -0.474. The van der Waals surface area contributed by atoms with Gasteiger partial charge in [0.1, 0.15) is 5.56 Å². The Balaban J connectivity index is 2.10. The minimum absolute atomic E-state index is 0.0550. The first-order chi connectivity index (χ1) is 9.08. The van der Waals surface area contributed by atoms with Gasteiger partial charge >= 0.3 is 0 Å². The number of nitrogens with zero attached hydrogens (tertiary/aromatic N) is 2. The molecule has 1 heterocycles. The Morgan fingerprint density at radius 2 is 2.21 bits per heavy atom. The number of benzene rings is 1. The van der Waals surface area contributed by atoms with Crippen LogP contribution in [0.3, 0.4) is 0 Å². The normalized spacial score (nSPS) is 10.2. The molecule has 0 saturated heterocycles. The van der Waals surface area contributed by atoms with E-state index in [1.165, 1.54) is 29.5 Å². The van der Waals surface area contributed by atoms with Gasteiger partial charge in [0.25, 0.3) is 11.6 Å². The number of aromatic nitrogens is 1. The predicted molar refractivity (Wildman–Crippen MR) is 71.1 cm³/mol. The van der Waals surface area contributed by atoms with Gasteiger partial charge in [-0.3, -0.25) is 14.9 Å². The van der Waals surface area contributed by atoms with E-state index in [4.69, 9.17) is 0 Å². The van der Waals surface area contributed by atoms with Gasteiger partial charge in [-0.25, -0.2) is 4.98 Å².